The van der Waals surface area contributed by atoms with E-state index in [0.29, 0.717) is 11.3 Å². The van der Waals surface area contributed by atoms with Crippen molar-refractivity contribution in [2.45, 2.75) is 33.2 Å². The van der Waals surface area contributed by atoms with Crippen molar-refractivity contribution < 1.29 is 4.79 Å². The number of aromatic nitrogens is 2. The monoisotopic (exact) mass is 308 g/mol. The molecule has 0 fully saturated rings. The van der Waals surface area contributed by atoms with E-state index in [9.17, 15) is 4.79 Å². The summed E-state index contributed by atoms with van der Waals surface area (Å²) in [4.78, 5) is 20.5. The minimum Gasteiger partial charge on any atom is -0.345 e. The fraction of sp³-hybridized carbons (Fsp3) is 0.333. The Kier molecular flexibility index (Phi) is 5.07. The highest BCUT2D eigenvalue weighted by Crippen LogP contribution is 2.29. The molecule has 0 saturated carbocycles. The Balaban J connectivity index is 2.19. The molecule has 0 aliphatic rings. The molecule has 23 heavy (non-hydrogen) atoms. The highest BCUT2D eigenvalue weighted by molar-refractivity contribution is 5.94. The maximum absolute atomic E-state index is 12.5. The Morgan fingerprint density at radius 2 is 2.09 bits per heavy atom. The van der Waals surface area contributed by atoms with Gasteiger partial charge in [-0.2, -0.15) is 5.26 Å². The second-order valence-electron chi connectivity index (χ2n) is 6.62. The standard InChI is InChI=1S/C18H20N4O/c1-18(2,3)9-16(13-5-4-8-20-11-13)22-17(23)14-6-7-15(10-19)21-12-14/h4-8,11-12,16H,9H2,1-3H3,(H,22,23)/t16-/m1/s1. The SMILES string of the molecule is CC(C)(C)C[C@@H](NC(=O)c1ccc(C#N)nc1)c1cccnc1. The first-order valence-electron chi connectivity index (χ1n) is 7.46. The number of rotatable bonds is 4. The van der Waals surface area contributed by atoms with Crippen molar-refractivity contribution in [1.29, 1.82) is 5.26 Å². The van der Waals surface area contributed by atoms with Gasteiger partial charge in [0.25, 0.3) is 5.91 Å². The molecule has 2 rings (SSSR count). The third-order valence-corrected chi connectivity index (χ3v) is 3.35. The van der Waals surface area contributed by atoms with Crippen molar-refractivity contribution in [1.82, 2.24) is 15.3 Å². The van der Waals surface area contributed by atoms with Gasteiger partial charge in [0.1, 0.15) is 11.8 Å². The molecule has 5 heteroatoms. The van der Waals surface area contributed by atoms with E-state index < -0.39 is 0 Å². The van der Waals surface area contributed by atoms with Crippen LogP contribution < -0.4 is 5.32 Å². The molecule has 1 N–H and O–H groups in total. The van der Waals surface area contributed by atoms with Crippen LogP contribution in [-0.4, -0.2) is 15.9 Å². The van der Waals surface area contributed by atoms with Crippen molar-refractivity contribution in [3.05, 3.63) is 59.7 Å². The molecule has 2 aromatic heterocycles. The van der Waals surface area contributed by atoms with Crippen LogP contribution in [0.5, 0.6) is 0 Å². The molecule has 0 radical (unpaired) electrons. The number of hydrogen-bond donors (Lipinski definition) is 1. The van der Waals surface area contributed by atoms with Crippen molar-refractivity contribution >= 4 is 5.91 Å². The summed E-state index contributed by atoms with van der Waals surface area (Å²) in [7, 11) is 0. The van der Waals surface area contributed by atoms with Gasteiger partial charge < -0.3 is 5.32 Å². The molecule has 5 nitrogen and oxygen atoms in total. The van der Waals surface area contributed by atoms with E-state index >= 15 is 0 Å². The van der Waals surface area contributed by atoms with Crippen LogP contribution in [0.4, 0.5) is 0 Å². The molecule has 0 spiro atoms. The first-order chi connectivity index (χ1) is 10.9. The summed E-state index contributed by atoms with van der Waals surface area (Å²) in [6, 6.07) is 8.78. The van der Waals surface area contributed by atoms with E-state index in [-0.39, 0.29) is 17.4 Å². The van der Waals surface area contributed by atoms with Crippen LogP contribution in [0.15, 0.2) is 42.9 Å². The minimum absolute atomic E-state index is 0.0523. The van der Waals surface area contributed by atoms with E-state index in [4.69, 9.17) is 5.26 Å². The predicted octanol–water partition coefficient (Wildman–Crippen LogP) is 3.26. The summed E-state index contributed by atoms with van der Waals surface area (Å²) >= 11 is 0. The van der Waals surface area contributed by atoms with Crippen LogP contribution in [0, 0.1) is 16.7 Å². The van der Waals surface area contributed by atoms with E-state index in [1.807, 2.05) is 18.2 Å². The summed E-state index contributed by atoms with van der Waals surface area (Å²) in [5.41, 5.74) is 1.75. The van der Waals surface area contributed by atoms with Gasteiger partial charge in [0.05, 0.1) is 11.6 Å². The molecule has 1 atom stereocenters. The van der Waals surface area contributed by atoms with Crippen LogP contribution >= 0.6 is 0 Å². The fourth-order valence-electron chi connectivity index (χ4n) is 2.28. The lowest BCUT2D eigenvalue weighted by Gasteiger charge is -2.27. The van der Waals surface area contributed by atoms with Crippen LogP contribution in [0.25, 0.3) is 0 Å². The van der Waals surface area contributed by atoms with Crippen molar-refractivity contribution in [3.8, 4) is 6.07 Å². The van der Waals surface area contributed by atoms with Crippen LogP contribution in [-0.2, 0) is 0 Å². The number of amides is 1. The number of hydrogen-bond acceptors (Lipinski definition) is 4. The summed E-state index contributed by atoms with van der Waals surface area (Å²) in [5, 5.41) is 11.8. The number of nitrogens with zero attached hydrogens (tertiary/aromatic N) is 3. The molecule has 0 aromatic carbocycles. The zero-order valence-corrected chi connectivity index (χ0v) is 13.6. The van der Waals surface area contributed by atoms with Gasteiger partial charge in [0.15, 0.2) is 0 Å². The number of nitrogens with one attached hydrogen (secondary N) is 1. The summed E-state index contributed by atoms with van der Waals surface area (Å²) in [5.74, 6) is -0.208. The molecule has 1 amide bonds. The molecule has 118 valence electrons. The number of carbonyl (C=O) groups is 1. The largest absolute Gasteiger partial charge is 0.345 e. The van der Waals surface area contributed by atoms with Gasteiger partial charge in [0.2, 0.25) is 0 Å². The highest BCUT2D eigenvalue weighted by Gasteiger charge is 2.22. The number of pyridine rings is 2. The molecular weight excluding hydrogens is 288 g/mol. The van der Waals surface area contributed by atoms with Crippen molar-refractivity contribution in [3.63, 3.8) is 0 Å². The first kappa shape index (κ1) is 16.6. The summed E-state index contributed by atoms with van der Waals surface area (Å²) < 4.78 is 0. The van der Waals surface area contributed by atoms with E-state index in [1.165, 1.54) is 12.3 Å². The van der Waals surface area contributed by atoms with Gasteiger partial charge >= 0.3 is 0 Å². The van der Waals surface area contributed by atoms with Gasteiger partial charge in [0, 0.05) is 18.6 Å². The third kappa shape index (κ3) is 4.89. The Labute approximate surface area is 136 Å². The van der Waals surface area contributed by atoms with Gasteiger partial charge in [-0.25, -0.2) is 4.98 Å². The molecule has 0 bridgehead atoms. The smallest absolute Gasteiger partial charge is 0.253 e. The molecule has 0 aliphatic heterocycles. The second-order valence-corrected chi connectivity index (χ2v) is 6.62. The average molecular weight is 308 g/mol. The number of nitriles is 1. The predicted molar refractivity (Wildman–Crippen MR) is 87.5 cm³/mol. The molecule has 0 unspecified atom stereocenters. The molecule has 2 aromatic rings. The molecule has 0 saturated heterocycles. The maximum Gasteiger partial charge on any atom is 0.253 e. The normalized spacial score (nSPS) is 12.3. The lowest BCUT2D eigenvalue weighted by atomic mass is 9.85. The van der Waals surface area contributed by atoms with Crippen molar-refractivity contribution in [2.24, 2.45) is 5.41 Å². The van der Waals surface area contributed by atoms with Gasteiger partial charge in [-0.15, -0.1) is 0 Å². The zero-order valence-electron chi connectivity index (χ0n) is 13.6. The van der Waals surface area contributed by atoms with Crippen LogP contribution in [0.1, 0.15) is 54.8 Å². The Hall–Kier alpha value is -2.74. The lowest BCUT2D eigenvalue weighted by Crippen LogP contribution is -2.31. The Morgan fingerprint density at radius 3 is 2.61 bits per heavy atom. The zero-order chi connectivity index (χ0) is 16.9. The van der Waals surface area contributed by atoms with Gasteiger partial charge in [-0.3, -0.25) is 9.78 Å². The van der Waals surface area contributed by atoms with E-state index in [1.54, 1.807) is 18.5 Å². The number of carbonyl (C=O) groups excluding carboxylic acids is 1. The van der Waals surface area contributed by atoms with E-state index in [0.717, 1.165) is 12.0 Å². The first-order valence-corrected chi connectivity index (χ1v) is 7.46. The van der Waals surface area contributed by atoms with Crippen LogP contribution in [0.3, 0.4) is 0 Å². The lowest BCUT2D eigenvalue weighted by molar-refractivity contribution is 0.0926. The Morgan fingerprint density at radius 1 is 1.30 bits per heavy atom. The van der Waals surface area contributed by atoms with E-state index in [2.05, 4.69) is 36.1 Å². The van der Waals surface area contributed by atoms with Gasteiger partial charge in [-0.1, -0.05) is 26.8 Å². The van der Waals surface area contributed by atoms with Crippen LogP contribution in [0.2, 0.25) is 0 Å². The molecule has 0 aliphatic carbocycles. The van der Waals surface area contributed by atoms with Crippen molar-refractivity contribution in [2.75, 3.05) is 0 Å². The average Bonchev–Trinajstić information content (AvgIpc) is 2.54. The Bertz CT molecular complexity index is 697. The van der Waals surface area contributed by atoms with Gasteiger partial charge in [-0.05, 0) is 35.6 Å². The quantitative estimate of drug-likeness (QED) is 0.940. The summed E-state index contributed by atoms with van der Waals surface area (Å²) in [6.07, 6.45) is 5.69. The molecule has 2 heterocycles. The topological polar surface area (TPSA) is 78.7 Å². The third-order valence-electron chi connectivity index (χ3n) is 3.35. The molecular formula is C18H20N4O. The minimum atomic E-state index is -0.208. The summed E-state index contributed by atoms with van der Waals surface area (Å²) in [6.45, 7) is 6.39. The highest BCUT2D eigenvalue weighted by atomic mass is 16.1. The fourth-order valence-corrected chi connectivity index (χ4v) is 2.28. The second kappa shape index (κ2) is 7.01. The maximum atomic E-state index is 12.5.